The largest absolute Gasteiger partial charge is 0.463 e. The van der Waals surface area contributed by atoms with Gasteiger partial charge in [-0.05, 0) is 12.3 Å². The van der Waals surface area contributed by atoms with Crippen molar-refractivity contribution in [3.8, 4) is 0 Å². The molecule has 0 radical (unpaired) electrons. The Hall–Kier alpha value is -2.79. The first-order chi connectivity index (χ1) is 15.2. The van der Waals surface area contributed by atoms with E-state index in [0.29, 0.717) is 0 Å². The highest BCUT2D eigenvalue weighted by Crippen LogP contribution is 2.35. The molecule has 1 aliphatic heterocycles. The van der Waals surface area contributed by atoms with Gasteiger partial charge < -0.3 is 29.4 Å². The highest BCUT2D eigenvalue weighted by Gasteiger charge is 2.50. The number of Topliss-reactive ketones (excluding diaryl/α,β-unsaturated/α-hetero) is 2. The van der Waals surface area contributed by atoms with Gasteiger partial charge in [-0.15, -0.1) is 0 Å². The van der Waals surface area contributed by atoms with Gasteiger partial charge in [-0.2, -0.15) is 0 Å². The van der Waals surface area contributed by atoms with E-state index in [1.165, 1.54) is 13.8 Å². The summed E-state index contributed by atoms with van der Waals surface area (Å²) in [4.78, 5) is 60.0. The van der Waals surface area contributed by atoms with Crippen molar-refractivity contribution < 1.29 is 48.0 Å². The quantitative estimate of drug-likeness (QED) is 0.239. The molecule has 0 spiro atoms. The molecule has 2 rings (SSSR count). The maximum atomic E-state index is 12.6. The van der Waals surface area contributed by atoms with Crippen molar-refractivity contribution in [1.29, 1.82) is 0 Å². The van der Waals surface area contributed by atoms with Crippen LogP contribution in [-0.2, 0) is 42.9 Å². The van der Waals surface area contributed by atoms with Gasteiger partial charge in [-0.1, -0.05) is 13.8 Å². The monoisotopic (exact) mass is 469 g/mol. The summed E-state index contributed by atoms with van der Waals surface area (Å²) in [6.07, 6.45) is -4.95. The molecular weight excluding hydrogens is 438 g/mol. The number of hydrogen-bond acceptors (Lipinski definition) is 11. The lowest BCUT2D eigenvalue weighted by Crippen LogP contribution is -2.65. The van der Waals surface area contributed by atoms with Gasteiger partial charge in [-0.3, -0.25) is 24.0 Å². The average molecular weight is 469 g/mol. The van der Waals surface area contributed by atoms with Crippen LogP contribution < -0.4 is 5.32 Å². The molecule has 5 atom stereocenters. The second kappa shape index (κ2) is 10.4. The summed E-state index contributed by atoms with van der Waals surface area (Å²) in [5, 5.41) is 13.5. The van der Waals surface area contributed by atoms with E-state index in [9.17, 15) is 29.1 Å². The third kappa shape index (κ3) is 6.84. The van der Waals surface area contributed by atoms with E-state index in [1.807, 2.05) is 13.8 Å². The van der Waals surface area contributed by atoms with Gasteiger partial charge in [0.1, 0.15) is 18.8 Å². The van der Waals surface area contributed by atoms with Crippen LogP contribution in [0.4, 0.5) is 0 Å². The maximum absolute atomic E-state index is 12.6. The molecule has 1 aliphatic carbocycles. The normalized spacial score (nSPS) is 29.2. The number of ether oxygens (including phenoxy) is 4. The van der Waals surface area contributed by atoms with Gasteiger partial charge in [0.2, 0.25) is 0 Å². The molecule has 0 aromatic carbocycles. The first kappa shape index (κ1) is 26.5. The Balaban J connectivity index is 2.39. The first-order valence-corrected chi connectivity index (χ1v) is 10.6. The van der Waals surface area contributed by atoms with Crippen molar-refractivity contribution in [3.05, 3.63) is 11.3 Å². The Bertz CT molecular complexity index is 839. The molecule has 0 unspecified atom stereocenters. The van der Waals surface area contributed by atoms with Gasteiger partial charge in [0.25, 0.3) is 0 Å². The number of rotatable bonds is 6. The van der Waals surface area contributed by atoms with E-state index in [4.69, 9.17) is 18.9 Å². The predicted octanol–water partition coefficient (Wildman–Crippen LogP) is 0.321. The van der Waals surface area contributed by atoms with Crippen LogP contribution in [0.25, 0.3) is 0 Å². The Kier molecular flexibility index (Phi) is 8.36. The van der Waals surface area contributed by atoms with Crippen LogP contribution in [0.15, 0.2) is 11.3 Å². The van der Waals surface area contributed by atoms with Gasteiger partial charge in [0.05, 0.1) is 5.57 Å². The topological polar surface area (TPSA) is 155 Å². The molecule has 0 amide bonds. The fraction of sp³-hybridized carbons (Fsp3) is 0.682. The van der Waals surface area contributed by atoms with Crippen molar-refractivity contribution in [2.75, 3.05) is 6.61 Å². The number of aliphatic hydroxyl groups excluding tert-OH is 1. The number of carbonyl (C=O) groups is 5. The van der Waals surface area contributed by atoms with Gasteiger partial charge >= 0.3 is 17.9 Å². The third-order valence-electron chi connectivity index (χ3n) is 5.31. The lowest BCUT2D eigenvalue weighted by molar-refractivity contribution is -0.264. The molecule has 11 heteroatoms. The maximum Gasteiger partial charge on any atom is 0.303 e. The second-order valence-corrected chi connectivity index (χ2v) is 9.05. The van der Waals surface area contributed by atoms with E-state index in [2.05, 4.69) is 5.32 Å². The lowest BCUT2D eigenvalue weighted by Gasteiger charge is -2.44. The highest BCUT2D eigenvalue weighted by atomic mass is 16.7. The Morgan fingerprint density at radius 1 is 0.970 bits per heavy atom. The van der Waals surface area contributed by atoms with E-state index < -0.39 is 54.0 Å². The zero-order valence-electron chi connectivity index (χ0n) is 19.6. The van der Waals surface area contributed by atoms with E-state index in [1.54, 1.807) is 0 Å². The average Bonchev–Trinajstić information content (AvgIpc) is 2.62. The molecule has 33 heavy (non-hydrogen) atoms. The number of nitrogens with one attached hydrogen (secondary N) is 1. The van der Waals surface area contributed by atoms with Crippen LogP contribution >= 0.6 is 0 Å². The lowest BCUT2D eigenvalue weighted by atomic mass is 9.73. The minimum atomic E-state index is -1.62. The number of allylic oxidation sites excluding steroid dienone is 2. The molecule has 2 N–H and O–H groups in total. The van der Waals surface area contributed by atoms with Crippen molar-refractivity contribution in [2.45, 2.75) is 85.0 Å². The molecule has 2 aliphatic rings. The van der Waals surface area contributed by atoms with E-state index >= 15 is 0 Å². The number of hydrogen-bond donors (Lipinski definition) is 2. The van der Waals surface area contributed by atoms with Crippen molar-refractivity contribution in [3.63, 3.8) is 0 Å². The Labute approximate surface area is 191 Å². The fourth-order valence-corrected chi connectivity index (χ4v) is 4.08. The summed E-state index contributed by atoms with van der Waals surface area (Å²) in [7, 11) is 0. The summed E-state index contributed by atoms with van der Waals surface area (Å²) >= 11 is 0. The Morgan fingerprint density at radius 2 is 1.48 bits per heavy atom. The minimum Gasteiger partial charge on any atom is -0.463 e. The van der Waals surface area contributed by atoms with Crippen molar-refractivity contribution in [1.82, 2.24) is 5.32 Å². The van der Waals surface area contributed by atoms with Gasteiger partial charge in [-0.25, -0.2) is 0 Å². The summed E-state index contributed by atoms with van der Waals surface area (Å²) in [5.74, 6) is -2.78. The van der Waals surface area contributed by atoms with Crippen LogP contribution in [0.2, 0.25) is 0 Å². The number of carbonyl (C=O) groups excluding carboxylic acids is 5. The molecule has 11 nitrogen and oxygen atoms in total. The molecular formula is C22H31NO10. The number of aliphatic hydroxyl groups is 1. The second-order valence-electron chi connectivity index (χ2n) is 9.05. The van der Waals surface area contributed by atoms with Gasteiger partial charge in [0, 0.05) is 39.3 Å². The minimum absolute atomic E-state index is 0.0332. The zero-order chi connectivity index (χ0) is 25.1. The molecule has 0 aromatic heterocycles. The van der Waals surface area contributed by atoms with Crippen LogP contribution in [0.3, 0.4) is 0 Å². The van der Waals surface area contributed by atoms with Crippen LogP contribution in [0, 0.1) is 5.41 Å². The highest BCUT2D eigenvalue weighted by molar-refractivity contribution is 6.22. The summed E-state index contributed by atoms with van der Waals surface area (Å²) in [6.45, 7) is 8.20. The molecule has 0 aromatic rings. The summed E-state index contributed by atoms with van der Waals surface area (Å²) < 4.78 is 21.1. The smallest absolute Gasteiger partial charge is 0.303 e. The molecule has 1 saturated heterocycles. The molecule has 2 fully saturated rings. The standard InChI is InChI=1S/C22H31NO10/c1-10(17-14(27)7-22(5,6)8-15(17)28)23-18-20(32-13(4)26)19(31-12(3)25)16(33-21(18)29)9-30-11(2)24/h16,18-21,23,29H,7-9H2,1-6H3/t16-,18-,19-,20-,21+/m1/s1. The van der Waals surface area contributed by atoms with Crippen LogP contribution in [0.5, 0.6) is 0 Å². The fourth-order valence-electron chi connectivity index (χ4n) is 4.08. The van der Waals surface area contributed by atoms with E-state index in [-0.39, 0.29) is 42.3 Å². The van der Waals surface area contributed by atoms with Gasteiger partial charge in [0.15, 0.2) is 30.1 Å². The van der Waals surface area contributed by atoms with E-state index in [0.717, 1.165) is 13.8 Å². The molecule has 1 heterocycles. The first-order valence-electron chi connectivity index (χ1n) is 10.6. The van der Waals surface area contributed by atoms with Crippen molar-refractivity contribution in [2.24, 2.45) is 5.41 Å². The number of ketones is 2. The predicted molar refractivity (Wildman–Crippen MR) is 111 cm³/mol. The zero-order valence-corrected chi connectivity index (χ0v) is 19.6. The Morgan fingerprint density at radius 3 is 1.97 bits per heavy atom. The third-order valence-corrected chi connectivity index (χ3v) is 5.31. The van der Waals surface area contributed by atoms with Crippen LogP contribution in [0.1, 0.15) is 54.4 Å². The summed E-state index contributed by atoms with van der Waals surface area (Å²) in [6, 6.07) is -1.20. The summed E-state index contributed by atoms with van der Waals surface area (Å²) in [5.41, 5.74) is -0.324. The molecule has 0 bridgehead atoms. The molecule has 184 valence electrons. The molecule has 1 saturated carbocycles. The number of esters is 3. The van der Waals surface area contributed by atoms with Crippen LogP contribution in [-0.4, -0.2) is 71.8 Å². The van der Waals surface area contributed by atoms with Crippen molar-refractivity contribution >= 4 is 29.5 Å². The SMILES string of the molecule is CC(=O)OC[C@H]1O[C@H](O)[C@H](NC(C)=C2C(=O)CC(C)(C)CC2=O)[C@@H](OC(C)=O)[C@@H]1OC(C)=O.